The van der Waals surface area contributed by atoms with Gasteiger partial charge in [-0.25, -0.2) is 13.2 Å². The number of hydrogen-bond donors (Lipinski definition) is 0. The molecule has 0 amide bonds. The summed E-state index contributed by atoms with van der Waals surface area (Å²) in [7, 11) is 0. The first-order chi connectivity index (χ1) is 13.0. The number of hydrogen-bond acceptors (Lipinski definition) is 0. The third-order valence-electron chi connectivity index (χ3n) is 4.74. The molecular weight excluding hydrogens is 345 g/mol. The highest BCUT2D eigenvalue weighted by Gasteiger charge is 2.08. The molecule has 0 aromatic heterocycles. The lowest BCUT2D eigenvalue weighted by Gasteiger charge is -2.11. The Morgan fingerprint density at radius 1 is 0.741 bits per heavy atom. The lowest BCUT2D eigenvalue weighted by Crippen LogP contribution is -1.95. The summed E-state index contributed by atoms with van der Waals surface area (Å²) in [6.45, 7) is 6.37. The molecule has 0 saturated heterocycles. The third-order valence-corrected chi connectivity index (χ3v) is 4.74. The van der Waals surface area contributed by atoms with E-state index in [0.717, 1.165) is 31.2 Å². The van der Waals surface area contributed by atoms with Gasteiger partial charge >= 0.3 is 0 Å². The smallest absolute Gasteiger partial charge is 0.159 e. The Balaban J connectivity index is 0.000000271. The van der Waals surface area contributed by atoms with Crippen molar-refractivity contribution in [3.8, 4) is 0 Å². The molecule has 2 rings (SSSR count). The molecule has 0 nitrogen and oxygen atoms in total. The summed E-state index contributed by atoms with van der Waals surface area (Å²) in [4.78, 5) is 0. The second-order valence-corrected chi connectivity index (χ2v) is 7.15. The molecule has 0 aliphatic carbocycles. The van der Waals surface area contributed by atoms with Crippen LogP contribution in [0.1, 0.15) is 82.8 Å². The minimum absolute atomic E-state index is 0.141. The van der Waals surface area contributed by atoms with Gasteiger partial charge in [0.25, 0.3) is 0 Å². The van der Waals surface area contributed by atoms with Crippen LogP contribution in [0.4, 0.5) is 13.2 Å². The Morgan fingerprint density at radius 2 is 1.41 bits per heavy atom. The van der Waals surface area contributed by atoms with E-state index < -0.39 is 11.6 Å². The first kappa shape index (κ1) is 23.3. The standard InChI is InChI=1S/C12H16F2.C12H17F/c1-3-4-5-9(2)10-6-7-11(13)12(14)8-10;1-2-3-4-5-6-11-7-9-12(13)10-8-11/h6-9H,3-5H2,1-2H3;7-10H,2-6H2,1H3. The molecule has 1 unspecified atom stereocenters. The van der Waals surface area contributed by atoms with Gasteiger partial charge in [0.05, 0.1) is 0 Å². The topological polar surface area (TPSA) is 0 Å². The summed E-state index contributed by atoms with van der Waals surface area (Å²) < 4.78 is 38.1. The van der Waals surface area contributed by atoms with Crippen molar-refractivity contribution in [3.05, 3.63) is 71.0 Å². The van der Waals surface area contributed by atoms with Crippen LogP contribution >= 0.6 is 0 Å². The molecule has 0 heterocycles. The van der Waals surface area contributed by atoms with Crippen molar-refractivity contribution in [2.24, 2.45) is 0 Å². The van der Waals surface area contributed by atoms with E-state index >= 15 is 0 Å². The third kappa shape index (κ3) is 9.65. The Hall–Kier alpha value is -1.77. The van der Waals surface area contributed by atoms with Crippen molar-refractivity contribution in [2.45, 2.75) is 78.1 Å². The quantitative estimate of drug-likeness (QED) is 0.386. The van der Waals surface area contributed by atoms with Gasteiger partial charge in [-0.05, 0) is 60.6 Å². The van der Waals surface area contributed by atoms with E-state index in [1.165, 1.54) is 55.5 Å². The maximum Gasteiger partial charge on any atom is 0.159 e. The van der Waals surface area contributed by atoms with Crippen LogP contribution in [0.3, 0.4) is 0 Å². The number of rotatable bonds is 9. The molecule has 1 atom stereocenters. The second-order valence-electron chi connectivity index (χ2n) is 7.15. The maximum atomic E-state index is 12.9. The number of aryl methyl sites for hydroxylation is 1. The molecule has 0 saturated carbocycles. The molecule has 0 bridgehead atoms. The van der Waals surface area contributed by atoms with Gasteiger partial charge in [-0.15, -0.1) is 0 Å². The highest BCUT2D eigenvalue weighted by molar-refractivity contribution is 5.21. The molecule has 0 aliphatic heterocycles. The van der Waals surface area contributed by atoms with Gasteiger partial charge in [-0.3, -0.25) is 0 Å². The van der Waals surface area contributed by atoms with Gasteiger partial charge in [0, 0.05) is 0 Å². The van der Waals surface area contributed by atoms with Gasteiger partial charge in [-0.1, -0.05) is 71.1 Å². The van der Waals surface area contributed by atoms with Crippen LogP contribution in [0.2, 0.25) is 0 Å². The predicted octanol–water partition coefficient (Wildman–Crippen LogP) is 8.21. The Bertz CT molecular complexity index is 635. The Kier molecular flexibility index (Phi) is 11.6. The zero-order valence-corrected chi connectivity index (χ0v) is 16.9. The highest BCUT2D eigenvalue weighted by Crippen LogP contribution is 2.22. The van der Waals surface area contributed by atoms with Crippen molar-refractivity contribution in [1.29, 1.82) is 0 Å². The van der Waals surface area contributed by atoms with Crippen LogP contribution in [0, 0.1) is 17.5 Å². The SMILES string of the molecule is CCCCC(C)c1ccc(F)c(F)c1.CCCCCCc1ccc(F)cc1. The zero-order valence-electron chi connectivity index (χ0n) is 16.9. The van der Waals surface area contributed by atoms with Crippen molar-refractivity contribution < 1.29 is 13.2 Å². The maximum absolute atomic E-state index is 12.9. The van der Waals surface area contributed by atoms with Gasteiger partial charge in [0.15, 0.2) is 11.6 Å². The average Bonchev–Trinajstić information content (AvgIpc) is 2.67. The fraction of sp³-hybridized carbons (Fsp3) is 0.500. The normalized spacial score (nSPS) is 11.6. The van der Waals surface area contributed by atoms with E-state index in [2.05, 4.69) is 13.8 Å². The van der Waals surface area contributed by atoms with E-state index in [1.807, 2.05) is 19.1 Å². The largest absolute Gasteiger partial charge is 0.207 e. The minimum atomic E-state index is -0.767. The fourth-order valence-corrected chi connectivity index (χ4v) is 2.90. The fourth-order valence-electron chi connectivity index (χ4n) is 2.90. The molecule has 0 N–H and O–H groups in total. The Labute approximate surface area is 162 Å². The Morgan fingerprint density at radius 3 is 2.00 bits per heavy atom. The van der Waals surface area contributed by atoms with Crippen molar-refractivity contribution in [3.63, 3.8) is 0 Å². The van der Waals surface area contributed by atoms with Crippen molar-refractivity contribution >= 4 is 0 Å². The monoisotopic (exact) mass is 378 g/mol. The number of unbranched alkanes of at least 4 members (excludes halogenated alkanes) is 4. The second kappa shape index (κ2) is 13.4. The lowest BCUT2D eigenvalue weighted by atomic mass is 9.95. The molecule has 0 fully saturated rings. The molecule has 0 aliphatic rings. The van der Waals surface area contributed by atoms with Crippen molar-refractivity contribution in [1.82, 2.24) is 0 Å². The summed E-state index contributed by atoms with van der Waals surface area (Å²) in [5.41, 5.74) is 2.13. The number of benzene rings is 2. The molecule has 3 heteroatoms. The van der Waals surface area contributed by atoms with Gasteiger partial charge in [0.2, 0.25) is 0 Å². The molecule has 27 heavy (non-hydrogen) atoms. The first-order valence-corrected chi connectivity index (χ1v) is 10.2. The minimum Gasteiger partial charge on any atom is -0.207 e. The summed E-state index contributed by atoms with van der Waals surface area (Å²) in [6, 6.07) is 11.0. The van der Waals surface area contributed by atoms with E-state index in [0.29, 0.717) is 5.92 Å². The van der Waals surface area contributed by atoms with Gasteiger partial charge in [-0.2, -0.15) is 0 Å². The van der Waals surface area contributed by atoms with Crippen LogP contribution in [-0.2, 0) is 6.42 Å². The molecule has 2 aromatic carbocycles. The van der Waals surface area contributed by atoms with E-state index in [9.17, 15) is 13.2 Å². The van der Waals surface area contributed by atoms with E-state index in [1.54, 1.807) is 6.07 Å². The van der Waals surface area contributed by atoms with E-state index in [-0.39, 0.29) is 5.82 Å². The predicted molar refractivity (Wildman–Crippen MR) is 109 cm³/mol. The van der Waals surface area contributed by atoms with Crippen LogP contribution < -0.4 is 0 Å². The van der Waals surface area contributed by atoms with Crippen LogP contribution in [-0.4, -0.2) is 0 Å². The van der Waals surface area contributed by atoms with Crippen LogP contribution in [0.15, 0.2) is 42.5 Å². The van der Waals surface area contributed by atoms with Crippen molar-refractivity contribution in [2.75, 3.05) is 0 Å². The molecular formula is C24H33F3. The lowest BCUT2D eigenvalue weighted by molar-refractivity contribution is 0.504. The summed E-state index contributed by atoms with van der Waals surface area (Å²) >= 11 is 0. The van der Waals surface area contributed by atoms with Gasteiger partial charge in [0.1, 0.15) is 5.82 Å². The highest BCUT2D eigenvalue weighted by atomic mass is 19.2. The summed E-state index contributed by atoms with van der Waals surface area (Å²) in [6.07, 6.45) is 9.45. The van der Waals surface area contributed by atoms with Crippen LogP contribution in [0.5, 0.6) is 0 Å². The van der Waals surface area contributed by atoms with Gasteiger partial charge < -0.3 is 0 Å². The number of halogens is 3. The zero-order chi connectivity index (χ0) is 20.1. The van der Waals surface area contributed by atoms with E-state index in [4.69, 9.17) is 0 Å². The van der Waals surface area contributed by atoms with Crippen LogP contribution in [0.25, 0.3) is 0 Å². The molecule has 2 aromatic rings. The molecule has 0 spiro atoms. The molecule has 0 radical (unpaired) electrons. The molecule has 150 valence electrons. The summed E-state index contributed by atoms with van der Waals surface area (Å²) in [5.74, 6) is -1.34. The average molecular weight is 379 g/mol. The summed E-state index contributed by atoms with van der Waals surface area (Å²) in [5, 5.41) is 0. The first-order valence-electron chi connectivity index (χ1n) is 10.2.